The van der Waals surface area contributed by atoms with Crippen molar-refractivity contribution < 1.29 is 4.79 Å². The molecule has 126 valence electrons. The topological polar surface area (TPSA) is 44.9 Å². The molecule has 2 rings (SSSR count). The van der Waals surface area contributed by atoms with Crippen LogP contribution in [0.5, 0.6) is 0 Å². The van der Waals surface area contributed by atoms with Crippen LogP contribution in [-0.2, 0) is 11.2 Å². The number of nitrogens with one attached hydrogen (secondary N) is 2. The summed E-state index contributed by atoms with van der Waals surface area (Å²) in [7, 11) is 0. The number of fused-ring (bicyclic) bond motifs is 1. The second-order valence-corrected chi connectivity index (χ2v) is 6.03. The fraction of sp³-hybridized carbons (Fsp3) is 0.286. The van der Waals surface area contributed by atoms with Gasteiger partial charge >= 0.3 is 0 Å². The summed E-state index contributed by atoms with van der Waals surface area (Å²) in [6.45, 7) is 12.3. The van der Waals surface area contributed by atoms with E-state index in [1.807, 2.05) is 26.0 Å². The Kier molecular flexibility index (Phi) is 5.80. The number of hydrogen-bond acceptors (Lipinski definition) is 1. The molecule has 1 aromatic heterocycles. The number of aromatic nitrogens is 1. The van der Waals surface area contributed by atoms with E-state index in [4.69, 9.17) is 0 Å². The number of amides is 1. The number of carbonyl (C=O) groups excluding carboxylic acids is 1. The van der Waals surface area contributed by atoms with Crippen molar-refractivity contribution in [3.8, 4) is 0 Å². The van der Waals surface area contributed by atoms with Crippen LogP contribution < -0.4 is 5.32 Å². The van der Waals surface area contributed by atoms with Gasteiger partial charge in [-0.15, -0.1) is 0 Å². The Bertz CT molecular complexity index is 822. The number of para-hydroxylation sites is 1. The summed E-state index contributed by atoms with van der Waals surface area (Å²) in [5.74, 6) is -0.0563. The van der Waals surface area contributed by atoms with Crippen molar-refractivity contribution >= 4 is 16.8 Å². The first-order chi connectivity index (χ1) is 11.5. The van der Waals surface area contributed by atoms with E-state index in [0.29, 0.717) is 12.1 Å². The van der Waals surface area contributed by atoms with Gasteiger partial charge in [0.15, 0.2) is 0 Å². The van der Waals surface area contributed by atoms with Crippen LogP contribution in [0.4, 0.5) is 0 Å². The van der Waals surface area contributed by atoms with Crippen LogP contribution in [0.2, 0.25) is 0 Å². The zero-order valence-electron chi connectivity index (χ0n) is 15.0. The van der Waals surface area contributed by atoms with E-state index in [0.717, 1.165) is 12.0 Å². The number of carbonyl (C=O) groups is 1. The molecule has 0 aliphatic carbocycles. The third-order valence-corrected chi connectivity index (χ3v) is 4.33. The fourth-order valence-corrected chi connectivity index (χ4v) is 2.93. The molecule has 3 heteroatoms. The molecule has 0 bridgehead atoms. The molecule has 0 aliphatic rings. The van der Waals surface area contributed by atoms with Crippen LogP contribution in [0, 0.1) is 13.8 Å². The van der Waals surface area contributed by atoms with Crippen molar-refractivity contribution in [1.29, 1.82) is 0 Å². The molecule has 24 heavy (non-hydrogen) atoms. The summed E-state index contributed by atoms with van der Waals surface area (Å²) >= 11 is 0. The first kappa shape index (κ1) is 17.8. The number of allylic oxidation sites excluding steroid dienone is 3. The van der Waals surface area contributed by atoms with Crippen LogP contribution in [0.25, 0.3) is 10.9 Å². The molecule has 0 saturated carbocycles. The quantitative estimate of drug-likeness (QED) is 0.596. The molecule has 0 fully saturated rings. The monoisotopic (exact) mass is 322 g/mol. The van der Waals surface area contributed by atoms with Crippen molar-refractivity contribution in [2.75, 3.05) is 6.54 Å². The van der Waals surface area contributed by atoms with Gasteiger partial charge in [0.05, 0.1) is 0 Å². The first-order valence-electron chi connectivity index (χ1n) is 8.30. The van der Waals surface area contributed by atoms with Gasteiger partial charge in [0.1, 0.15) is 0 Å². The molecule has 3 nitrogen and oxygen atoms in total. The lowest BCUT2D eigenvalue weighted by Crippen LogP contribution is -2.27. The van der Waals surface area contributed by atoms with E-state index in [2.05, 4.69) is 48.9 Å². The summed E-state index contributed by atoms with van der Waals surface area (Å²) in [6.07, 6.45) is 6.21. The Morgan fingerprint density at radius 1 is 1.33 bits per heavy atom. The molecular weight excluding hydrogens is 296 g/mol. The van der Waals surface area contributed by atoms with Crippen molar-refractivity contribution in [2.45, 2.75) is 34.1 Å². The third kappa shape index (κ3) is 3.67. The summed E-state index contributed by atoms with van der Waals surface area (Å²) in [5, 5.41) is 4.26. The van der Waals surface area contributed by atoms with Crippen molar-refractivity contribution in [2.24, 2.45) is 0 Å². The number of rotatable bonds is 6. The minimum absolute atomic E-state index is 0.0563. The molecule has 0 spiro atoms. The maximum Gasteiger partial charge on any atom is 0.251 e. The Hall–Kier alpha value is -2.55. The summed E-state index contributed by atoms with van der Waals surface area (Å²) in [4.78, 5) is 15.8. The minimum atomic E-state index is -0.0563. The van der Waals surface area contributed by atoms with Gasteiger partial charge in [-0.05, 0) is 50.8 Å². The predicted molar refractivity (Wildman–Crippen MR) is 102 cm³/mol. The van der Waals surface area contributed by atoms with Crippen LogP contribution in [-0.4, -0.2) is 17.4 Å². The Labute approximate surface area is 144 Å². The standard InChI is InChI=1S/C21H26N2O/c1-6-9-17(14(3)7-2)21(24)22-13-12-18-16(5)23-20-15(4)10-8-11-19(18)20/h6-11,23H,2,12-13H2,1,3-5H3,(H,22,24)/b9-6-,17-14+. The van der Waals surface area contributed by atoms with Crippen molar-refractivity contribution in [3.05, 3.63) is 71.0 Å². The summed E-state index contributed by atoms with van der Waals surface area (Å²) < 4.78 is 0. The second-order valence-electron chi connectivity index (χ2n) is 6.03. The van der Waals surface area contributed by atoms with Crippen molar-refractivity contribution in [1.82, 2.24) is 10.3 Å². The SMILES string of the molecule is C=C/C(C)=C(\C=C/C)C(=O)NCCc1c(C)[nH]c2c(C)cccc12. The number of aromatic amines is 1. The van der Waals surface area contributed by atoms with Gasteiger partial charge in [0.2, 0.25) is 0 Å². The highest BCUT2D eigenvalue weighted by atomic mass is 16.1. The predicted octanol–water partition coefficient (Wildman–Crippen LogP) is 4.52. The van der Waals surface area contributed by atoms with Crippen LogP contribution >= 0.6 is 0 Å². The van der Waals surface area contributed by atoms with Crippen LogP contribution in [0.1, 0.15) is 30.7 Å². The highest BCUT2D eigenvalue weighted by molar-refractivity contribution is 5.97. The molecular formula is C21H26N2O. The summed E-state index contributed by atoms with van der Waals surface area (Å²) in [5.41, 5.74) is 6.41. The molecule has 0 aliphatic heterocycles. The number of H-pyrrole nitrogens is 1. The molecule has 2 aromatic rings. The van der Waals surface area contributed by atoms with Crippen LogP contribution in [0.3, 0.4) is 0 Å². The van der Waals surface area contributed by atoms with E-state index < -0.39 is 0 Å². The van der Waals surface area contributed by atoms with Gasteiger partial charge in [-0.1, -0.05) is 43.0 Å². The third-order valence-electron chi connectivity index (χ3n) is 4.33. The average Bonchev–Trinajstić information content (AvgIpc) is 2.89. The fourth-order valence-electron chi connectivity index (χ4n) is 2.93. The van der Waals surface area contributed by atoms with Crippen LogP contribution in [0.15, 0.2) is 54.2 Å². The van der Waals surface area contributed by atoms with Gasteiger partial charge in [-0.2, -0.15) is 0 Å². The second kappa shape index (κ2) is 7.82. The smallest absolute Gasteiger partial charge is 0.251 e. The lowest BCUT2D eigenvalue weighted by molar-refractivity contribution is -0.117. The maximum atomic E-state index is 12.4. The van der Waals surface area contributed by atoms with E-state index in [1.54, 1.807) is 6.08 Å². The summed E-state index contributed by atoms with van der Waals surface area (Å²) in [6, 6.07) is 6.32. The highest BCUT2D eigenvalue weighted by Crippen LogP contribution is 2.24. The largest absolute Gasteiger partial charge is 0.358 e. The van der Waals surface area contributed by atoms with E-state index in [9.17, 15) is 4.79 Å². The van der Waals surface area contributed by atoms with Gasteiger partial charge in [-0.25, -0.2) is 0 Å². The Balaban J connectivity index is 2.12. The molecule has 1 heterocycles. The zero-order valence-corrected chi connectivity index (χ0v) is 15.0. The number of benzene rings is 1. The number of aryl methyl sites for hydroxylation is 2. The van der Waals surface area contributed by atoms with Gasteiger partial charge in [0.25, 0.3) is 5.91 Å². The first-order valence-corrected chi connectivity index (χ1v) is 8.30. The lowest BCUT2D eigenvalue weighted by atomic mass is 10.1. The highest BCUT2D eigenvalue weighted by Gasteiger charge is 2.11. The van der Waals surface area contributed by atoms with E-state index in [1.165, 1.54) is 27.7 Å². The average molecular weight is 322 g/mol. The number of hydrogen-bond donors (Lipinski definition) is 2. The Morgan fingerprint density at radius 2 is 2.08 bits per heavy atom. The molecule has 2 N–H and O–H groups in total. The normalized spacial score (nSPS) is 12.5. The van der Waals surface area contributed by atoms with Gasteiger partial charge < -0.3 is 10.3 Å². The molecule has 0 saturated heterocycles. The lowest BCUT2D eigenvalue weighted by Gasteiger charge is -2.08. The molecule has 0 unspecified atom stereocenters. The maximum absolute atomic E-state index is 12.4. The van der Waals surface area contributed by atoms with E-state index >= 15 is 0 Å². The molecule has 1 amide bonds. The minimum Gasteiger partial charge on any atom is -0.358 e. The zero-order chi connectivity index (χ0) is 17.7. The van der Waals surface area contributed by atoms with Crippen molar-refractivity contribution in [3.63, 3.8) is 0 Å². The molecule has 0 atom stereocenters. The van der Waals surface area contributed by atoms with Gasteiger partial charge in [0, 0.05) is 28.7 Å². The van der Waals surface area contributed by atoms with E-state index in [-0.39, 0.29) is 5.91 Å². The van der Waals surface area contributed by atoms with Gasteiger partial charge in [-0.3, -0.25) is 4.79 Å². The Morgan fingerprint density at radius 3 is 2.75 bits per heavy atom. The molecule has 1 aromatic carbocycles. The molecule has 0 radical (unpaired) electrons.